The fourth-order valence-electron chi connectivity index (χ4n) is 7.27. The first-order valence-electron chi connectivity index (χ1n) is 20.4. The lowest BCUT2D eigenvalue weighted by molar-refractivity contribution is -0.118. The van der Waals surface area contributed by atoms with Crippen molar-refractivity contribution >= 4 is 41.3 Å². The molecule has 17 nitrogen and oxygen atoms in total. The Bertz CT molecular complexity index is 2330. The van der Waals surface area contributed by atoms with Crippen molar-refractivity contribution in [1.29, 1.82) is 0 Å². The van der Waals surface area contributed by atoms with Crippen molar-refractivity contribution < 1.29 is 42.9 Å². The molecule has 0 saturated heterocycles. The maximum atomic E-state index is 13.8. The molecule has 10 N–H and O–H groups in total. The number of para-hydroxylation sites is 2. The highest BCUT2D eigenvalue weighted by Gasteiger charge is 2.53. The Morgan fingerprint density at radius 2 is 1.05 bits per heavy atom. The van der Waals surface area contributed by atoms with Gasteiger partial charge in [-0.15, -0.1) is 0 Å². The molecule has 2 aliphatic rings. The summed E-state index contributed by atoms with van der Waals surface area (Å²) >= 11 is 0. The summed E-state index contributed by atoms with van der Waals surface area (Å²) in [6.45, 7) is 4.11. The average Bonchev–Trinajstić information content (AvgIpc) is 3.55. The van der Waals surface area contributed by atoms with Crippen LogP contribution in [-0.2, 0) is 19.9 Å². The number of carbonyl (C=O) groups excluding carboxylic acids is 5. The number of benzene rings is 5. The van der Waals surface area contributed by atoms with Crippen LogP contribution < -0.4 is 57.6 Å². The highest BCUT2D eigenvalue weighted by Crippen LogP contribution is 2.56. The first-order chi connectivity index (χ1) is 30.4. The van der Waals surface area contributed by atoms with Crippen LogP contribution in [0.3, 0.4) is 0 Å². The molecule has 326 valence electrons. The Labute approximate surface area is 363 Å². The Balaban J connectivity index is 1.16. The van der Waals surface area contributed by atoms with Gasteiger partial charge in [0.25, 0.3) is 0 Å². The number of ether oxygens (including phenoxy) is 4. The minimum Gasteiger partial charge on any atom is -0.456 e. The highest BCUT2D eigenvalue weighted by atomic mass is 16.6. The van der Waals surface area contributed by atoms with E-state index < -0.39 is 47.7 Å². The van der Waals surface area contributed by atoms with Crippen LogP contribution in [0.4, 0.5) is 21.0 Å². The van der Waals surface area contributed by atoms with E-state index >= 15 is 0 Å². The number of fused-ring (bicyclic) bond motifs is 6. The molecule has 0 bridgehead atoms. The zero-order chi connectivity index (χ0) is 44.5. The molecule has 4 unspecified atom stereocenters. The van der Waals surface area contributed by atoms with Gasteiger partial charge in [-0.2, -0.15) is 0 Å². The van der Waals surface area contributed by atoms with Gasteiger partial charge in [0, 0.05) is 40.2 Å². The fourth-order valence-corrected chi connectivity index (χ4v) is 7.27. The second kappa shape index (κ2) is 19.6. The molecule has 17 heteroatoms. The number of amides is 4. The molecule has 2 aliphatic heterocycles. The topological polar surface area (TPSA) is 246 Å². The number of hydrogen-bond acceptors (Lipinski definition) is 13. The van der Waals surface area contributed by atoms with Crippen LogP contribution in [-0.4, -0.2) is 67.5 Å². The van der Waals surface area contributed by atoms with Crippen molar-refractivity contribution in [3.8, 4) is 23.0 Å². The van der Waals surface area contributed by atoms with E-state index in [4.69, 9.17) is 30.4 Å². The van der Waals surface area contributed by atoms with Crippen LogP contribution in [0.5, 0.6) is 23.0 Å². The minimum atomic E-state index is -1.46. The van der Waals surface area contributed by atoms with Crippen LogP contribution in [0, 0.1) is 0 Å². The molecule has 0 aromatic heterocycles. The summed E-state index contributed by atoms with van der Waals surface area (Å²) < 4.78 is 23.6. The van der Waals surface area contributed by atoms with Gasteiger partial charge in [-0.25, -0.2) is 14.4 Å². The lowest BCUT2D eigenvalue weighted by atomic mass is 9.77. The molecule has 5 aromatic rings. The van der Waals surface area contributed by atoms with E-state index in [9.17, 15) is 24.0 Å². The third-order valence-electron chi connectivity index (χ3n) is 10.2. The third kappa shape index (κ3) is 10.4. The molecule has 1 spiro atoms. The van der Waals surface area contributed by atoms with Crippen molar-refractivity contribution in [2.45, 2.75) is 56.7 Å². The SMILES string of the molecule is CC(N)NCCC(NC(=O)Oc1ccccc1)C(=O)Nc1ccc2c(c1)Oc1cc(NC(=O)C(CCNC(C)N)NC(=O)Oc3ccccc3)ccc1C21OC(=O)c2ccccc21. The van der Waals surface area contributed by atoms with Crippen molar-refractivity contribution in [3.63, 3.8) is 0 Å². The molecule has 2 heterocycles. The monoisotopic (exact) mass is 856 g/mol. The van der Waals surface area contributed by atoms with Crippen LogP contribution in [0.2, 0.25) is 0 Å². The number of hydrogen-bond donors (Lipinski definition) is 8. The van der Waals surface area contributed by atoms with Gasteiger partial charge in [0.2, 0.25) is 11.8 Å². The second-order valence-corrected chi connectivity index (χ2v) is 15.0. The molecular formula is C46H48N8O9. The van der Waals surface area contributed by atoms with Crippen LogP contribution in [0.15, 0.2) is 121 Å². The highest BCUT2D eigenvalue weighted by molar-refractivity contribution is 5.99. The van der Waals surface area contributed by atoms with E-state index in [1.165, 1.54) is 0 Å². The predicted octanol–water partition coefficient (Wildman–Crippen LogP) is 5.01. The summed E-state index contributed by atoms with van der Waals surface area (Å²) in [5.41, 5.74) is 12.8. The van der Waals surface area contributed by atoms with Gasteiger partial charge >= 0.3 is 18.2 Å². The van der Waals surface area contributed by atoms with Gasteiger partial charge in [-0.3, -0.25) is 9.59 Å². The number of rotatable bonds is 16. The number of nitrogens with two attached hydrogens (primary N) is 2. The summed E-state index contributed by atoms with van der Waals surface area (Å²) in [6.07, 6.45) is -2.02. The summed E-state index contributed by atoms with van der Waals surface area (Å²) in [4.78, 5) is 66.9. The standard InChI is InChI=1S/C46H48N8O9/c1-27(47)49-23-21-37(53-44(58)60-31-11-5-3-6-12-31)41(55)51-29-17-19-35-39(25-29)62-40-26-30(18-20-36(40)46(35)34-16-10-9-15-33(34)43(57)63-46)52-42(56)38(22-24-50-28(2)48)54-45(59)61-32-13-7-4-8-14-32/h3-20,25-28,37-38,49-50H,21-24,47-48H2,1-2H3,(H,51,55)(H,52,56)(H,53,58)(H,54,59). The van der Waals surface area contributed by atoms with E-state index in [2.05, 4.69) is 31.9 Å². The lowest BCUT2D eigenvalue weighted by Gasteiger charge is -2.37. The Morgan fingerprint density at radius 1 is 0.603 bits per heavy atom. The minimum absolute atomic E-state index is 0.170. The Hall–Kier alpha value is -7.31. The molecule has 0 fully saturated rings. The molecule has 0 radical (unpaired) electrons. The van der Waals surface area contributed by atoms with Crippen molar-refractivity contribution in [1.82, 2.24) is 21.3 Å². The quantitative estimate of drug-likeness (QED) is 0.0481. The first kappa shape index (κ1) is 43.8. The van der Waals surface area contributed by atoms with Gasteiger partial charge in [-0.05, 0) is 94.4 Å². The van der Waals surface area contributed by atoms with Crippen LogP contribution in [0.1, 0.15) is 53.7 Å². The Morgan fingerprint density at radius 3 is 1.51 bits per heavy atom. The summed E-state index contributed by atoms with van der Waals surface area (Å²) in [7, 11) is 0. The lowest BCUT2D eigenvalue weighted by Crippen LogP contribution is -2.47. The zero-order valence-corrected chi connectivity index (χ0v) is 34.5. The molecule has 5 aromatic carbocycles. The number of anilines is 2. The second-order valence-electron chi connectivity index (χ2n) is 15.0. The van der Waals surface area contributed by atoms with Crippen molar-refractivity contribution in [2.75, 3.05) is 23.7 Å². The predicted molar refractivity (Wildman–Crippen MR) is 233 cm³/mol. The number of carbonyl (C=O) groups is 5. The molecule has 0 saturated carbocycles. The summed E-state index contributed by atoms with van der Waals surface area (Å²) in [5.74, 6) is -0.563. The van der Waals surface area contributed by atoms with Crippen LogP contribution >= 0.6 is 0 Å². The van der Waals surface area contributed by atoms with E-state index in [-0.39, 0.29) is 36.7 Å². The van der Waals surface area contributed by atoms with E-state index in [0.29, 0.717) is 58.2 Å². The average molecular weight is 857 g/mol. The van der Waals surface area contributed by atoms with Crippen LogP contribution in [0.25, 0.3) is 0 Å². The third-order valence-corrected chi connectivity index (χ3v) is 10.2. The van der Waals surface area contributed by atoms with Gasteiger partial charge in [0.05, 0.1) is 17.9 Å². The van der Waals surface area contributed by atoms with Gasteiger partial charge in [0.1, 0.15) is 35.1 Å². The Kier molecular flexibility index (Phi) is 13.6. The molecule has 7 rings (SSSR count). The van der Waals surface area contributed by atoms with E-state index in [1.54, 1.807) is 135 Å². The van der Waals surface area contributed by atoms with Crippen molar-refractivity contribution in [2.24, 2.45) is 11.5 Å². The van der Waals surface area contributed by atoms with Gasteiger partial charge in [-0.1, -0.05) is 54.6 Å². The van der Waals surface area contributed by atoms with Gasteiger partial charge in [0.15, 0.2) is 5.60 Å². The molecule has 0 aliphatic carbocycles. The first-order valence-corrected chi connectivity index (χ1v) is 20.4. The number of nitrogens with one attached hydrogen (secondary N) is 6. The number of esters is 1. The fraction of sp³-hybridized carbons (Fsp3) is 0.239. The maximum Gasteiger partial charge on any atom is 0.413 e. The van der Waals surface area contributed by atoms with Crippen molar-refractivity contribution in [3.05, 3.63) is 144 Å². The van der Waals surface area contributed by atoms with E-state index in [0.717, 1.165) is 0 Å². The van der Waals surface area contributed by atoms with Gasteiger partial charge < -0.3 is 62.3 Å². The molecular weight excluding hydrogens is 809 g/mol. The molecule has 4 atom stereocenters. The smallest absolute Gasteiger partial charge is 0.413 e. The molecule has 4 amide bonds. The summed E-state index contributed by atoms with van der Waals surface area (Å²) in [5, 5.41) is 17.1. The largest absolute Gasteiger partial charge is 0.456 e. The summed E-state index contributed by atoms with van der Waals surface area (Å²) in [6, 6.07) is 31.7. The normalized spacial score (nSPS) is 16.3. The molecule has 63 heavy (non-hydrogen) atoms. The zero-order valence-electron chi connectivity index (χ0n) is 34.5. The maximum absolute atomic E-state index is 13.8. The van der Waals surface area contributed by atoms with E-state index in [1.807, 2.05) is 0 Å².